The van der Waals surface area contributed by atoms with Gasteiger partial charge in [-0.05, 0) is 37.3 Å². The van der Waals surface area contributed by atoms with Gasteiger partial charge in [0.2, 0.25) is 5.91 Å². The summed E-state index contributed by atoms with van der Waals surface area (Å²) in [7, 11) is 0. The number of hydrogen-bond acceptors (Lipinski definition) is 3. The second kappa shape index (κ2) is 5.72. The number of anilines is 1. The van der Waals surface area contributed by atoms with E-state index >= 15 is 0 Å². The highest BCUT2D eigenvalue weighted by molar-refractivity contribution is 5.97. The van der Waals surface area contributed by atoms with Gasteiger partial charge in [-0.2, -0.15) is 0 Å². The maximum atomic E-state index is 12.7. The number of ether oxygens (including phenoxy) is 1. The fourth-order valence-corrected chi connectivity index (χ4v) is 3.73. The molecule has 2 aliphatic rings. The number of carboxylic acid groups (broad SMARTS) is 1. The Bertz CT molecular complexity index is 613. The predicted octanol–water partition coefficient (Wildman–Crippen LogP) is 2.37. The average Bonchev–Trinajstić information content (AvgIpc) is 3.09. The summed E-state index contributed by atoms with van der Waals surface area (Å²) in [4.78, 5) is 24.2. The van der Waals surface area contributed by atoms with Gasteiger partial charge in [0.25, 0.3) is 0 Å². The summed E-state index contributed by atoms with van der Waals surface area (Å²) in [5.74, 6) is -2.50. The Kier molecular flexibility index (Phi) is 3.91. The van der Waals surface area contributed by atoms with Crippen molar-refractivity contribution in [3.05, 3.63) is 29.3 Å². The number of carboxylic acids is 1. The van der Waals surface area contributed by atoms with Crippen LogP contribution in [0, 0.1) is 18.8 Å². The molecule has 5 heteroatoms. The van der Waals surface area contributed by atoms with Gasteiger partial charge in [-0.3, -0.25) is 9.59 Å². The second-order valence-corrected chi connectivity index (χ2v) is 6.13. The van der Waals surface area contributed by atoms with Gasteiger partial charge >= 0.3 is 5.97 Å². The summed E-state index contributed by atoms with van der Waals surface area (Å²) in [5.41, 5.74) is 2.86. The summed E-state index contributed by atoms with van der Waals surface area (Å²) >= 11 is 0. The van der Waals surface area contributed by atoms with E-state index in [1.54, 1.807) is 0 Å². The van der Waals surface area contributed by atoms with E-state index in [4.69, 9.17) is 4.74 Å². The van der Waals surface area contributed by atoms with Crippen LogP contribution in [0.25, 0.3) is 0 Å². The van der Waals surface area contributed by atoms with Gasteiger partial charge in [0.05, 0.1) is 24.0 Å². The zero-order valence-electron chi connectivity index (χ0n) is 12.8. The monoisotopic (exact) mass is 303 g/mol. The van der Waals surface area contributed by atoms with Crippen molar-refractivity contribution in [3.63, 3.8) is 0 Å². The molecule has 118 valence electrons. The number of hydrogen-bond donors (Lipinski definition) is 2. The number of nitrogens with one attached hydrogen (secondary N) is 1. The Balaban J connectivity index is 1.84. The van der Waals surface area contributed by atoms with E-state index in [-0.39, 0.29) is 18.1 Å². The van der Waals surface area contributed by atoms with Gasteiger partial charge in [0, 0.05) is 5.69 Å². The zero-order valence-corrected chi connectivity index (χ0v) is 12.8. The first-order chi connectivity index (χ1) is 10.5. The molecule has 2 saturated heterocycles. The first-order valence-electron chi connectivity index (χ1n) is 7.80. The lowest BCUT2D eigenvalue weighted by molar-refractivity contribution is -0.147. The number of amides is 1. The molecule has 2 fully saturated rings. The molecule has 2 bridgehead atoms. The number of benzene rings is 1. The molecule has 0 aromatic heterocycles. The summed E-state index contributed by atoms with van der Waals surface area (Å²) in [5, 5.41) is 12.4. The number of aliphatic carboxylic acids is 1. The molecular weight excluding hydrogens is 282 g/mol. The molecule has 0 spiro atoms. The highest BCUT2D eigenvalue weighted by Crippen LogP contribution is 2.44. The maximum Gasteiger partial charge on any atom is 0.310 e. The van der Waals surface area contributed by atoms with Crippen LogP contribution in [0.15, 0.2) is 18.2 Å². The molecule has 1 aromatic rings. The van der Waals surface area contributed by atoms with Gasteiger partial charge in [0.1, 0.15) is 0 Å². The number of fused-ring (bicyclic) bond motifs is 2. The fraction of sp³-hybridized carbons (Fsp3) is 0.529. The molecule has 0 radical (unpaired) electrons. The normalized spacial score (nSPS) is 29.5. The second-order valence-electron chi connectivity index (χ2n) is 6.13. The van der Waals surface area contributed by atoms with E-state index in [1.165, 1.54) is 0 Å². The van der Waals surface area contributed by atoms with Crippen LogP contribution in [0.3, 0.4) is 0 Å². The highest BCUT2D eigenvalue weighted by Gasteiger charge is 2.55. The molecule has 5 nitrogen and oxygen atoms in total. The van der Waals surface area contributed by atoms with Gasteiger partial charge in [-0.1, -0.05) is 25.1 Å². The Labute approximate surface area is 129 Å². The smallest absolute Gasteiger partial charge is 0.310 e. The van der Waals surface area contributed by atoms with Crippen molar-refractivity contribution in [1.29, 1.82) is 0 Å². The molecular formula is C17H21NO4. The van der Waals surface area contributed by atoms with Crippen molar-refractivity contribution in [2.75, 3.05) is 5.32 Å². The molecule has 1 aromatic carbocycles. The minimum Gasteiger partial charge on any atom is -0.481 e. The minimum absolute atomic E-state index is 0.233. The molecule has 22 heavy (non-hydrogen) atoms. The average molecular weight is 303 g/mol. The number of aryl methyl sites for hydroxylation is 2. The van der Waals surface area contributed by atoms with Crippen molar-refractivity contribution >= 4 is 17.6 Å². The lowest BCUT2D eigenvalue weighted by Crippen LogP contribution is -2.41. The van der Waals surface area contributed by atoms with E-state index < -0.39 is 17.8 Å². The number of carbonyl (C=O) groups is 2. The van der Waals surface area contributed by atoms with Gasteiger partial charge in [-0.15, -0.1) is 0 Å². The molecule has 3 rings (SSSR count). The third-order valence-corrected chi connectivity index (χ3v) is 4.85. The van der Waals surface area contributed by atoms with E-state index in [9.17, 15) is 14.7 Å². The van der Waals surface area contributed by atoms with Crippen LogP contribution in [0.5, 0.6) is 0 Å². The Morgan fingerprint density at radius 1 is 1.27 bits per heavy atom. The third kappa shape index (κ3) is 2.39. The summed E-state index contributed by atoms with van der Waals surface area (Å²) in [6, 6.07) is 5.89. The van der Waals surface area contributed by atoms with Gasteiger partial charge in [-0.25, -0.2) is 0 Å². The summed E-state index contributed by atoms with van der Waals surface area (Å²) < 4.78 is 5.66. The minimum atomic E-state index is -0.937. The van der Waals surface area contributed by atoms with Crippen LogP contribution < -0.4 is 5.32 Å². The van der Waals surface area contributed by atoms with Crippen LogP contribution in [0.1, 0.15) is 30.9 Å². The molecule has 2 N–H and O–H groups in total. The van der Waals surface area contributed by atoms with Crippen LogP contribution in [-0.2, 0) is 20.7 Å². The van der Waals surface area contributed by atoms with E-state index in [0.717, 1.165) is 36.1 Å². The topological polar surface area (TPSA) is 75.6 Å². The predicted molar refractivity (Wildman–Crippen MR) is 81.7 cm³/mol. The first kappa shape index (κ1) is 15.0. The van der Waals surface area contributed by atoms with Crippen LogP contribution in [-0.4, -0.2) is 29.2 Å². The van der Waals surface area contributed by atoms with Gasteiger partial charge < -0.3 is 15.2 Å². The quantitative estimate of drug-likeness (QED) is 0.895. The van der Waals surface area contributed by atoms with Crippen LogP contribution in [0.4, 0.5) is 5.69 Å². The lowest BCUT2D eigenvalue weighted by Gasteiger charge is -2.24. The number of carbonyl (C=O) groups excluding carboxylic acids is 1. The van der Waals surface area contributed by atoms with Crippen molar-refractivity contribution < 1.29 is 19.4 Å². The molecule has 2 aliphatic heterocycles. The molecule has 0 aliphatic carbocycles. The molecule has 4 atom stereocenters. The third-order valence-electron chi connectivity index (χ3n) is 4.85. The van der Waals surface area contributed by atoms with Crippen molar-refractivity contribution in [2.45, 2.75) is 45.3 Å². The SMILES string of the molecule is CCc1cccc(C)c1NC(=O)[C@H]1[C@@H](C(=O)O)[C@@H]2CC[C@H]1O2. The largest absolute Gasteiger partial charge is 0.481 e. The Morgan fingerprint density at radius 2 is 1.95 bits per heavy atom. The van der Waals surface area contributed by atoms with Crippen LogP contribution in [0.2, 0.25) is 0 Å². The van der Waals surface area contributed by atoms with Crippen molar-refractivity contribution in [1.82, 2.24) is 0 Å². The molecule has 0 unspecified atom stereocenters. The molecule has 0 saturated carbocycles. The standard InChI is InChI=1S/C17H21NO4/c1-3-10-6-4-5-9(2)15(10)18-16(19)13-11-7-8-12(22-11)14(13)17(20)21/h4-6,11-14H,3,7-8H2,1-2H3,(H,18,19)(H,20,21)/t11-,12+,13-,14+/m1/s1. The Hall–Kier alpha value is -1.88. The van der Waals surface area contributed by atoms with Crippen LogP contribution >= 0.6 is 0 Å². The summed E-state index contributed by atoms with van der Waals surface area (Å²) in [6.45, 7) is 3.98. The van der Waals surface area contributed by atoms with Crippen molar-refractivity contribution in [2.24, 2.45) is 11.8 Å². The Morgan fingerprint density at radius 3 is 2.59 bits per heavy atom. The first-order valence-corrected chi connectivity index (χ1v) is 7.80. The van der Waals surface area contributed by atoms with E-state index in [2.05, 4.69) is 5.32 Å². The molecule has 2 heterocycles. The maximum absolute atomic E-state index is 12.7. The zero-order chi connectivity index (χ0) is 15.9. The fourth-order valence-electron chi connectivity index (χ4n) is 3.73. The van der Waals surface area contributed by atoms with Gasteiger partial charge in [0.15, 0.2) is 0 Å². The number of rotatable bonds is 4. The lowest BCUT2D eigenvalue weighted by atomic mass is 9.78. The van der Waals surface area contributed by atoms with Crippen molar-refractivity contribution in [3.8, 4) is 0 Å². The number of para-hydroxylation sites is 1. The highest BCUT2D eigenvalue weighted by atomic mass is 16.5. The van der Waals surface area contributed by atoms with E-state index in [1.807, 2.05) is 32.0 Å². The van der Waals surface area contributed by atoms with E-state index in [0.29, 0.717) is 0 Å². The summed E-state index contributed by atoms with van der Waals surface area (Å²) in [6.07, 6.45) is 1.73. The molecule has 1 amide bonds.